The number of nitrogens with zero attached hydrogens (tertiary/aromatic N) is 3. The zero-order valence-corrected chi connectivity index (χ0v) is 15.3. The number of ketones is 1. The van der Waals surface area contributed by atoms with Gasteiger partial charge < -0.3 is 0 Å². The Balaban J connectivity index is 1.81. The van der Waals surface area contributed by atoms with Gasteiger partial charge in [-0.2, -0.15) is 13.2 Å². The molecule has 0 aliphatic heterocycles. The lowest BCUT2D eigenvalue weighted by Gasteiger charge is -2.12. The van der Waals surface area contributed by atoms with Crippen LogP contribution in [0.1, 0.15) is 36.0 Å². The summed E-state index contributed by atoms with van der Waals surface area (Å²) in [5, 5.41) is 7.22. The van der Waals surface area contributed by atoms with Crippen LogP contribution in [0.4, 0.5) is 13.2 Å². The van der Waals surface area contributed by atoms with E-state index in [0.29, 0.717) is 0 Å². The smallest absolute Gasteiger partial charge is 0.298 e. The molecule has 8 heteroatoms. The molecule has 1 aromatic heterocycles. The van der Waals surface area contributed by atoms with Gasteiger partial charge in [0, 0.05) is 6.42 Å². The van der Waals surface area contributed by atoms with Crippen LogP contribution in [0.2, 0.25) is 0 Å². The van der Waals surface area contributed by atoms with E-state index in [4.69, 9.17) is 0 Å². The van der Waals surface area contributed by atoms with Crippen LogP contribution in [-0.4, -0.2) is 20.8 Å². The van der Waals surface area contributed by atoms with Gasteiger partial charge in [0.05, 0.1) is 10.9 Å². The van der Waals surface area contributed by atoms with Gasteiger partial charge >= 0.3 is 6.18 Å². The van der Waals surface area contributed by atoms with Crippen molar-refractivity contribution in [1.82, 2.24) is 15.0 Å². The summed E-state index contributed by atoms with van der Waals surface area (Å²) in [6, 6.07) is 10.5. The number of hydrogen-bond acceptors (Lipinski definition) is 4. The molecule has 146 valence electrons. The summed E-state index contributed by atoms with van der Waals surface area (Å²) in [6.45, 7) is 3.52. The Hall–Kier alpha value is -3.03. The first-order valence-corrected chi connectivity index (χ1v) is 8.68. The van der Waals surface area contributed by atoms with E-state index in [-0.39, 0.29) is 35.6 Å². The molecule has 2 aromatic carbocycles. The Bertz CT molecular complexity index is 1070. The lowest BCUT2D eigenvalue weighted by molar-refractivity contribution is -0.137. The van der Waals surface area contributed by atoms with Gasteiger partial charge in [-0.25, -0.2) is 4.68 Å². The predicted octanol–water partition coefficient (Wildman–Crippen LogP) is 3.88. The molecule has 5 nitrogen and oxygen atoms in total. The van der Waals surface area contributed by atoms with Gasteiger partial charge in [-0.3, -0.25) is 9.59 Å². The van der Waals surface area contributed by atoms with Crippen molar-refractivity contribution >= 4 is 16.7 Å². The number of rotatable bonds is 5. The van der Waals surface area contributed by atoms with Gasteiger partial charge in [-0.1, -0.05) is 42.0 Å². The number of hydrogen-bond donors (Lipinski definition) is 0. The van der Waals surface area contributed by atoms with Crippen LogP contribution >= 0.6 is 0 Å². The van der Waals surface area contributed by atoms with Crippen LogP contribution in [0, 0.1) is 6.92 Å². The predicted molar refractivity (Wildman–Crippen MR) is 98.0 cm³/mol. The van der Waals surface area contributed by atoms with E-state index in [1.54, 1.807) is 0 Å². The zero-order chi connectivity index (χ0) is 20.5. The monoisotopic (exact) mass is 389 g/mol. The number of carbonyl (C=O) groups is 1. The van der Waals surface area contributed by atoms with E-state index >= 15 is 0 Å². The summed E-state index contributed by atoms with van der Waals surface area (Å²) in [5.74, 6) is -0.315. The Morgan fingerprint density at radius 3 is 2.46 bits per heavy atom. The average molecular weight is 389 g/mol. The summed E-state index contributed by atoms with van der Waals surface area (Å²) in [7, 11) is 0. The second-order valence-corrected chi connectivity index (χ2v) is 6.84. The Labute approximate surface area is 158 Å². The third-order valence-electron chi connectivity index (χ3n) is 4.56. The Kier molecular flexibility index (Phi) is 5.31. The van der Waals surface area contributed by atoms with E-state index in [2.05, 4.69) is 10.3 Å². The summed E-state index contributed by atoms with van der Waals surface area (Å²) in [4.78, 5) is 24.8. The van der Waals surface area contributed by atoms with E-state index in [9.17, 15) is 22.8 Å². The molecule has 1 heterocycles. The molecule has 0 radical (unpaired) electrons. The largest absolute Gasteiger partial charge is 0.416 e. The van der Waals surface area contributed by atoms with Crippen molar-refractivity contribution in [2.75, 3.05) is 0 Å². The molecule has 0 aliphatic carbocycles. The standard InChI is InChI=1S/C20H18F3N3O2/c1-12-3-5-14(6-4-12)13(2)9-16(27)11-26-19(28)17-10-15(20(21,22)23)7-8-18(17)24-25-26/h3-8,10,13H,9,11H2,1-2H3/t13-/m1/s1. The van der Waals surface area contributed by atoms with E-state index in [1.807, 2.05) is 38.1 Å². The van der Waals surface area contributed by atoms with E-state index < -0.39 is 17.3 Å². The van der Waals surface area contributed by atoms with Gasteiger partial charge in [-0.05, 0) is 36.6 Å². The van der Waals surface area contributed by atoms with Gasteiger partial charge in [0.1, 0.15) is 12.1 Å². The van der Waals surface area contributed by atoms with Crippen molar-refractivity contribution in [3.05, 3.63) is 69.5 Å². The Morgan fingerprint density at radius 1 is 1.14 bits per heavy atom. The molecule has 1 atom stereocenters. The zero-order valence-electron chi connectivity index (χ0n) is 15.3. The van der Waals surface area contributed by atoms with E-state index in [0.717, 1.165) is 34.0 Å². The number of benzene rings is 2. The van der Waals surface area contributed by atoms with Crippen molar-refractivity contribution in [3.8, 4) is 0 Å². The highest BCUT2D eigenvalue weighted by Crippen LogP contribution is 2.30. The van der Waals surface area contributed by atoms with Crippen molar-refractivity contribution in [1.29, 1.82) is 0 Å². The number of alkyl halides is 3. The highest BCUT2D eigenvalue weighted by atomic mass is 19.4. The molecule has 0 spiro atoms. The van der Waals surface area contributed by atoms with Gasteiger partial charge in [0.2, 0.25) is 0 Å². The molecule has 0 amide bonds. The number of aryl methyl sites for hydroxylation is 1. The first kappa shape index (κ1) is 19.7. The Morgan fingerprint density at radius 2 is 1.82 bits per heavy atom. The van der Waals surface area contributed by atoms with Crippen LogP contribution in [0.5, 0.6) is 0 Å². The third kappa shape index (κ3) is 4.27. The minimum atomic E-state index is -4.58. The maximum absolute atomic E-state index is 12.9. The molecular weight excluding hydrogens is 371 g/mol. The summed E-state index contributed by atoms with van der Waals surface area (Å²) < 4.78 is 39.5. The first-order valence-electron chi connectivity index (χ1n) is 8.68. The fourth-order valence-electron chi connectivity index (χ4n) is 2.94. The first-order chi connectivity index (χ1) is 13.1. The van der Waals surface area contributed by atoms with Crippen molar-refractivity contribution in [2.24, 2.45) is 0 Å². The summed E-state index contributed by atoms with van der Waals surface area (Å²) >= 11 is 0. The minimum absolute atomic E-state index is 0.0507. The summed E-state index contributed by atoms with van der Waals surface area (Å²) in [5.41, 5.74) is 0.433. The quantitative estimate of drug-likeness (QED) is 0.664. The lowest BCUT2D eigenvalue weighted by Crippen LogP contribution is -2.28. The number of Topliss-reactive ketones (excluding diaryl/α,β-unsaturated/α-hetero) is 1. The molecule has 0 unspecified atom stereocenters. The minimum Gasteiger partial charge on any atom is -0.298 e. The highest BCUT2D eigenvalue weighted by Gasteiger charge is 2.31. The molecule has 0 aliphatic rings. The van der Waals surface area contributed by atoms with Gasteiger partial charge in [0.15, 0.2) is 5.78 Å². The number of carbonyl (C=O) groups excluding carboxylic acids is 1. The van der Waals surface area contributed by atoms with Crippen LogP contribution in [0.15, 0.2) is 47.3 Å². The normalized spacial score (nSPS) is 12.9. The lowest BCUT2D eigenvalue weighted by atomic mass is 9.95. The summed E-state index contributed by atoms with van der Waals surface area (Å²) in [6.07, 6.45) is -4.40. The van der Waals surface area contributed by atoms with Crippen LogP contribution in [0.3, 0.4) is 0 Å². The molecule has 3 aromatic rings. The van der Waals surface area contributed by atoms with E-state index in [1.165, 1.54) is 0 Å². The number of aromatic nitrogens is 3. The fraction of sp³-hybridized carbons (Fsp3) is 0.300. The molecule has 0 saturated heterocycles. The van der Waals surface area contributed by atoms with Crippen LogP contribution in [-0.2, 0) is 17.5 Å². The fourth-order valence-corrected chi connectivity index (χ4v) is 2.94. The second kappa shape index (κ2) is 7.53. The maximum Gasteiger partial charge on any atom is 0.416 e. The van der Waals surface area contributed by atoms with Crippen molar-refractivity contribution in [3.63, 3.8) is 0 Å². The molecule has 0 fully saturated rings. The van der Waals surface area contributed by atoms with Crippen molar-refractivity contribution < 1.29 is 18.0 Å². The van der Waals surface area contributed by atoms with Crippen molar-refractivity contribution in [2.45, 2.75) is 38.9 Å². The molecular formula is C20H18F3N3O2. The molecule has 28 heavy (non-hydrogen) atoms. The average Bonchev–Trinajstić information content (AvgIpc) is 2.63. The topological polar surface area (TPSA) is 64.8 Å². The third-order valence-corrected chi connectivity index (χ3v) is 4.56. The number of halogens is 3. The highest BCUT2D eigenvalue weighted by molar-refractivity contribution is 5.80. The maximum atomic E-state index is 12.9. The van der Waals surface area contributed by atoms with Crippen LogP contribution in [0.25, 0.3) is 10.9 Å². The second-order valence-electron chi connectivity index (χ2n) is 6.84. The SMILES string of the molecule is Cc1ccc([C@H](C)CC(=O)Cn2nnc3ccc(C(F)(F)F)cc3c2=O)cc1. The van der Waals surface area contributed by atoms with Gasteiger partial charge in [-0.15, -0.1) is 5.10 Å². The molecule has 0 bridgehead atoms. The molecule has 3 rings (SSSR count). The molecule has 0 N–H and O–H groups in total. The van der Waals surface area contributed by atoms with Crippen LogP contribution < -0.4 is 5.56 Å². The van der Waals surface area contributed by atoms with Gasteiger partial charge in [0.25, 0.3) is 5.56 Å². The molecule has 0 saturated carbocycles. The number of fused-ring (bicyclic) bond motifs is 1.